The van der Waals surface area contributed by atoms with E-state index >= 15 is 0 Å². The normalized spacial score (nSPS) is 26.1. The zero-order valence-corrected chi connectivity index (χ0v) is 17.3. The van der Waals surface area contributed by atoms with E-state index in [0.717, 1.165) is 13.0 Å². The van der Waals surface area contributed by atoms with Crippen LogP contribution in [-0.4, -0.2) is 83.6 Å². The van der Waals surface area contributed by atoms with E-state index in [1.165, 1.54) is 6.20 Å². The minimum Gasteiger partial charge on any atom is -0.462 e. The molecule has 8 nitrogen and oxygen atoms in total. The van der Waals surface area contributed by atoms with Crippen LogP contribution in [-0.2, 0) is 4.74 Å². The molecule has 0 bridgehead atoms. The molecule has 29 heavy (non-hydrogen) atoms. The number of pyridine rings is 1. The first-order chi connectivity index (χ1) is 13.9. The topological polar surface area (TPSA) is 83.8 Å². The Kier molecular flexibility index (Phi) is 6.00. The largest absolute Gasteiger partial charge is 0.462 e. The fourth-order valence-corrected chi connectivity index (χ4v) is 4.15. The standard InChI is InChI=1S/C19H25ClFN5O3/c1-11-5-12(25(2)7-11)9-29-19-23-16-14(6-22-17(20)15(16)21)18(24-19)26-3-4-28-10-13(27)8-26/h6,11-13,27H,3-5,7-10H2,1-2H3/t11-,12+,13+/m1/s1. The lowest BCUT2D eigenvalue weighted by molar-refractivity contribution is 0.0597. The molecule has 2 aliphatic heterocycles. The molecule has 4 heterocycles. The van der Waals surface area contributed by atoms with Gasteiger partial charge in [-0.3, -0.25) is 4.90 Å². The summed E-state index contributed by atoms with van der Waals surface area (Å²) in [6.07, 6.45) is 1.80. The molecule has 0 aromatic carbocycles. The Bertz CT molecular complexity index is 889. The maximum atomic E-state index is 14.7. The number of aromatic nitrogens is 3. The van der Waals surface area contributed by atoms with Gasteiger partial charge in [0.05, 0.1) is 24.7 Å². The first-order valence-electron chi connectivity index (χ1n) is 9.78. The first kappa shape index (κ1) is 20.5. The zero-order valence-electron chi connectivity index (χ0n) is 16.5. The molecule has 4 rings (SSSR count). The summed E-state index contributed by atoms with van der Waals surface area (Å²) in [5, 5.41) is 10.3. The second kappa shape index (κ2) is 8.51. The van der Waals surface area contributed by atoms with Crippen molar-refractivity contribution < 1.29 is 19.0 Å². The van der Waals surface area contributed by atoms with Gasteiger partial charge in [-0.05, 0) is 19.4 Å². The van der Waals surface area contributed by atoms with E-state index in [1.807, 2.05) is 4.90 Å². The third-order valence-corrected chi connectivity index (χ3v) is 5.71. The van der Waals surface area contributed by atoms with E-state index in [9.17, 15) is 9.50 Å². The summed E-state index contributed by atoms with van der Waals surface area (Å²) in [5.41, 5.74) is 0.0535. The van der Waals surface area contributed by atoms with E-state index in [0.29, 0.717) is 43.4 Å². The Morgan fingerprint density at radius 2 is 2.21 bits per heavy atom. The number of anilines is 1. The van der Waals surface area contributed by atoms with Crippen molar-refractivity contribution in [3.8, 4) is 6.01 Å². The zero-order chi connectivity index (χ0) is 20.5. The summed E-state index contributed by atoms with van der Waals surface area (Å²) in [6.45, 7) is 5.10. The molecule has 0 amide bonds. The average molecular weight is 426 g/mol. The fourth-order valence-electron chi connectivity index (χ4n) is 4.02. The maximum Gasteiger partial charge on any atom is 0.319 e. The van der Waals surface area contributed by atoms with Gasteiger partial charge in [-0.2, -0.15) is 9.97 Å². The molecule has 10 heteroatoms. The Balaban J connectivity index is 1.68. The summed E-state index contributed by atoms with van der Waals surface area (Å²) in [4.78, 5) is 16.8. The monoisotopic (exact) mass is 425 g/mol. The van der Waals surface area contributed by atoms with Gasteiger partial charge in [-0.1, -0.05) is 18.5 Å². The fraction of sp³-hybridized carbons (Fsp3) is 0.632. The molecule has 0 spiro atoms. The van der Waals surface area contributed by atoms with Crippen LogP contribution in [0.25, 0.3) is 10.9 Å². The van der Waals surface area contributed by atoms with Gasteiger partial charge in [0.1, 0.15) is 17.9 Å². The molecule has 2 aromatic heterocycles. The van der Waals surface area contributed by atoms with E-state index in [4.69, 9.17) is 21.1 Å². The van der Waals surface area contributed by atoms with E-state index in [2.05, 4.69) is 33.8 Å². The molecular formula is C19H25ClFN5O3. The Morgan fingerprint density at radius 3 is 2.97 bits per heavy atom. The molecule has 1 N–H and O–H groups in total. The van der Waals surface area contributed by atoms with Crippen LogP contribution in [0.2, 0.25) is 5.15 Å². The second-order valence-electron chi connectivity index (χ2n) is 7.88. The first-order valence-corrected chi connectivity index (χ1v) is 10.2. The van der Waals surface area contributed by atoms with Crippen LogP contribution in [0, 0.1) is 11.7 Å². The van der Waals surface area contributed by atoms with Crippen LogP contribution in [0.1, 0.15) is 13.3 Å². The van der Waals surface area contributed by atoms with Crippen LogP contribution < -0.4 is 9.64 Å². The summed E-state index contributed by atoms with van der Waals surface area (Å²) in [6, 6.07) is 0.341. The molecule has 3 atom stereocenters. The number of β-amino-alcohol motifs (C(OH)–C–C–N with tert-alkyl or cyclic N) is 1. The van der Waals surface area contributed by atoms with Gasteiger partial charge in [-0.15, -0.1) is 0 Å². The molecule has 0 aliphatic carbocycles. The number of fused-ring (bicyclic) bond motifs is 1. The highest BCUT2D eigenvalue weighted by Gasteiger charge is 2.28. The highest BCUT2D eigenvalue weighted by atomic mass is 35.5. The van der Waals surface area contributed by atoms with Crippen LogP contribution in [0.15, 0.2) is 6.20 Å². The summed E-state index contributed by atoms with van der Waals surface area (Å²) < 4.78 is 26.0. The Hall–Kier alpha value is -1.81. The lowest BCUT2D eigenvalue weighted by atomic mass is 10.1. The molecule has 2 aromatic rings. The number of likely N-dealkylation sites (N-methyl/N-ethyl adjacent to an activating group) is 1. The Morgan fingerprint density at radius 1 is 1.38 bits per heavy atom. The van der Waals surface area contributed by atoms with Crippen molar-refractivity contribution >= 4 is 28.3 Å². The van der Waals surface area contributed by atoms with Gasteiger partial charge in [0.15, 0.2) is 11.0 Å². The summed E-state index contributed by atoms with van der Waals surface area (Å²) in [7, 11) is 2.06. The number of hydrogen-bond acceptors (Lipinski definition) is 8. The number of nitrogens with zero attached hydrogens (tertiary/aromatic N) is 5. The minimum atomic E-state index is -0.712. The lowest BCUT2D eigenvalue weighted by Crippen LogP contribution is -2.34. The highest BCUT2D eigenvalue weighted by molar-refractivity contribution is 6.30. The lowest BCUT2D eigenvalue weighted by Gasteiger charge is -2.24. The molecule has 158 valence electrons. The number of rotatable bonds is 4. The van der Waals surface area contributed by atoms with Gasteiger partial charge >= 0.3 is 6.01 Å². The van der Waals surface area contributed by atoms with E-state index < -0.39 is 11.9 Å². The number of aliphatic hydroxyl groups excluding tert-OH is 1. The number of aliphatic hydroxyl groups is 1. The number of likely N-dealkylation sites (tertiary alicyclic amines) is 1. The van der Waals surface area contributed by atoms with Gasteiger partial charge < -0.3 is 19.5 Å². The molecule has 0 unspecified atom stereocenters. The van der Waals surface area contributed by atoms with Crippen molar-refractivity contribution in [1.82, 2.24) is 19.9 Å². The van der Waals surface area contributed by atoms with Gasteiger partial charge in [-0.25, -0.2) is 9.37 Å². The van der Waals surface area contributed by atoms with Crippen molar-refractivity contribution in [2.75, 3.05) is 51.4 Å². The van der Waals surface area contributed by atoms with Crippen molar-refractivity contribution in [3.63, 3.8) is 0 Å². The molecule has 0 radical (unpaired) electrons. The number of hydrogen-bond donors (Lipinski definition) is 1. The number of ether oxygens (including phenoxy) is 2. The Labute approximate surface area is 173 Å². The quantitative estimate of drug-likeness (QED) is 0.741. The predicted octanol–water partition coefficient (Wildman–Crippen LogP) is 1.73. The van der Waals surface area contributed by atoms with Gasteiger partial charge in [0, 0.05) is 31.9 Å². The highest BCUT2D eigenvalue weighted by Crippen LogP contribution is 2.30. The van der Waals surface area contributed by atoms with Crippen LogP contribution in [0.4, 0.5) is 10.2 Å². The van der Waals surface area contributed by atoms with Crippen molar-refractivity contribution in [3.05, 3.63) is 17.2 Å². The minimum absolute atomic E-state index is 0.0535. The molecule has 2 fully saturated rings. The van der Waals surface area contributed by atoms with Crippen molar-refractivity contribution in [2.24, 2.45) is 5.92 Å². The van der Waals surface area contributed by atoms with Gasteiger partial charge in [0.25, 0.3) is 0 Å². The molecule has 2 aliphatic rings. The molecule has 0 saturated carbocycles. The third-order valence-electron chi connectivity index (χ3n) is 5.45. The van der Waals surface area contributed by atoms with E-state index in [-0.39, 0.29) is 29.3 Å². The van der Waals surface area contributed by atoms with Crippen LogP contribution >= 0.6 is 11.6 Å². The second-order valence-corrected chi connectivity index (χ2v) is 8.23. The number of halogens is 2. The SMILES string of the molecule is C[C@@H]1C[C@@H](COc2nc(N3CCOC[C@@H](O)C3)c3cnc(Cl)c(F)c3n2)N(C)C1. The van der Waals surface area contributed by atoms with Crippen molar-refractivity contribution in [1.29, 1.82) is 0 Å². The van der Waals surface area contributed by atoms with Crippen LogP contribution in [0.5, 0.6) is 6.01 Å². The maximum absolute atomic E-state index is 14.7. The average Bonchev–Trinajstić information content (AvgIpc) is 2.87. The van der Waals surface area contributed by atoms with Crippen molar-refractivity contribution in [2.45, 2.75) is 25.5 Å². The third kappa shape index (κ3) is 4.37. The molecule has 2 saturated heterocycles. The van der Waals surface area contributed by atoms with Crippen LogP contribution in [0.3, 0.4) is 0 Å². The summed E-state index contributed by atoms with van der Waals surface area (Å²) in [5.74, 6) is 0.337. The van der Waals surface area contributed by atoms with E-state index in [1.54, 1.807) is 0 Å². The van der Waals surface area contributed by atoms with Gasteiger partial charge in [0.2, 0.25) is 0 Å². The predicted molar refractivity (Wildman–Crippen MR) is 107 cm³/mol. The smallest absolute Gasteiger partial charge is 0.319 e. The summed E-state index contributed by atoms with van der Waals surface area (Å²) >= 11 is 5.88. The molecular weight excluding hydrogens is 401 g/mol.